The average molecular weight is 615 g/mol. The van der Waals surface area contributed by atoms with E-state index in [0.717, 1.165) is 53.9 Å². The molecule has 3 aromatic carbocycles. The molecule has 0 amide bonds. The molecule has 0 saturated carbocycles. The molecule has 0 spiro atoms. The summed E-state index contributed by atoms with van der Waals surface area (Å²) in [6.45, 7) is 3.90. The smallest absolute Gasteiger partial charge is 0.264 e. The fraction of sp³-hybridized carbons (Fsp3) is 0.455. The van der Waals surface area contributed by atoms with Crippen molar-refractivity contribution in [3.63, 3.8) is 0 Å². The maximum Gasteiger partial charge on any atom is 0.264 e. The lowest BCUT2D eigenvalue weighted by Crippen LogP contribution is -2.40. The highest BCUT2D eigenvalue weighted by molar-refractivity contribution is 7.85. The molecule has 9 nitrogen and oxygen atoms in total. The summed E-state index contributed by atoms with van der Waals surface area (Å²) in [5, 5.41) is 0. The molecule has 43 heavy (non-hydrogen) atoms. The second kappa shape index (κ2) is 15.4. The molecule has 0 N–H and O–H groups in total. The van der Waals surface area contributed by atoms with Crippen molar-refractivity contribution in [2.45, 2.75) is 43.9 Å². The highest BCUT2D eigenvalue weighted by atomic mass is 32.2. The van der Waals surface area contributed by atoms with Gasteiger partial charge in [0.2, 0.25) is 0 Å². The van der Waals surface area contributed by atoms with Gasteiger partial charge in [0.15, 0.2) is 13.6 Å². The Morgan fingerprint density at radius 3 is 2.12 bits per heavy atom. The van der Waals surface area contributed by atoms with Gasteiger partial charge in [-0.15, -0.1) is 0 Å². The Kier molecular flexibility index (Phi) is 11.7. The normalized spacial score (nSPS) is 18.0. The van der Waals surface area contributed by atoms with Gasteiger partial charge in [-0.05, 0) is 72.7 Å². The molecule has 0 aliphatic carbocycles. The zero-order valence-corrected chi connectivity index (χ0v) is 26.2. The van der Waals surface area contributed by atoms with Crippen LogP contribution in [0.5, 0.6) is 23.0 Å². The van der Waals surface area contributed by atoms with Crippen LogP contribution in [0.3, 0.4) is 0 Å². The Bertz CT molecular complexity index is 1390. The van der Waals surface area contributed by atoms with Gasteiger partial charge >= 0.3 is 0 Å². The summed E-state index contributed by atoms with van der Waals surface area (Å²) in [7, 11) is -0.206. The SMILES string of the molecule is COCOc1ccc(C2(C)COc3cc(OCOC)ccc3C2CCCOc2ccc(CCCOS(C)(=O)=O)cc2)cc1. The van der Waals surface area contributed by atoms with Gasteiger partial charge in [0, 0.05) is 31.6 Å². The molecule has 0 aromatic heterocycles. The number of methoxy groups -OCH3 is 2. The Morgan fingerprint density at radius 1 is 0.814 bits per heavy atom. The quantitative estimate of drug-likeness (QED) is 0.105. The fourth-order valence-corrected chi connectivity index (χ4v) is 5.77. The van der Waals surface area contributed by atoms with Crippen molar-refractivity contribution in [2.24, 2.45) is 0 Å². The van der Waals surface area contributed by atoms with Crippen LogP contribution < -0.4 is 18.9 Å². The molecule has 0 fully saturated rings. The largest absolute Gasteiger partial charge is 0.494 e. The lowest BCUT2D eigenvalue weighted by Gasteiger charge is -2.43. The summed E-state index contributed by atoms with van der Waals surface area (Å²) < 4.78 is 60.8. The van der Waals surface area contributed by atoms with Crippen molar-refractivity contribution < 1.29 is 41.0 Å². The highest BCUT2D eigenvalue weighted by Gasteiger charge is 2.42. The van der Waals surface area contributed by atoms with E-state index in [1.54, 1.807) is 14.2 Å². The van der Waals surface area contributed by atoms with Crippen LogP contribution in [0.15, 0.2) is 66.7 Å². The van der Waals surface area contributed by atoms with Gasteiger partial charge in [0.25, 0.3) is 10.1 Å². The molecule has 1 heterocycles. The van der Waals surface area contributed by atoms with Gasteiger partial charge in [0.05, 0.1) is 26.1 Å². The molecular weight excluding hydrogens is 572 g/mol. The number of hydrogen-bond donors (Lipinski definition) is 0. The summed E-state index contributed by atoms with van der Waals surface area (Å²) in [6.07, 6.45) is 4.16. The summed E-state index contributed by atoms with van der Waals surface area (Å²) in [6, 6.07) is 22.1. The lowest BCUT2D eigenvalue weighted by molar-refractivity contribution is 0.0505. The first kappa shape index (κ1) is 32.6. The standard InChI is InChI=1S/C33H42O9S/c1-33(26-11-15-28(16-12-26)40-23-36-2)22-39-32-21-29(41-24-37-3)17-18-30(32)31(33)8-6-19-38-27-13-9-25(10-14-27)7-5-20-42-43(4,34)35/h9-18,21,31H,5-8,19-20,22-24H2,1-4H3. The van der Waals surface area contributed by atoms with Crippen LogP contribution in [0, 0.1) is 0 Å². The van der Waals surface area contributed by atoms with Gasteiger partial charge in [-0.3, -0.25) is 4.18 Å². The molecule has 3 aromatic rings. The number of ether oxygens (including phenoxy) is 6. The van der Waals surface area contributed by atoms with E-state index < -0.39 is 10.1 Å². The number of hydrogen-bond acceptors (Lipinski definition) is 9. The van der Waals surface area contributed by atoms with E-state index in [1.165, 1.54) is 5.56 Å². The van der Waals surface area contributed by atoms with Crippen LogP contribution >= 0.6 is 0 Å². The van der Waals surface area contributed by atoms with Gasteiger partial charge in [-0.25, -0.2) is 0 Å². The molecule has 234 valence electrons. The van der Waals surface area contributed by atoms with Gasteiger partial charge < -0.3 is 28.4 Å². The molecule has 4 rings (SSSR count). The summed E-state index contributed by atoms with van der Waals surface area (Å²) in [4.78, 5) is 0. The monoisotopic (exact) mass is 614 g/mol. The van der Waals surface area contributed by atoms with E-state index in [-0.39, 0.29) is 31.5 Å². The lowest BCUT2D eigenvalue weighted by atomic mass is 9.66. The molecule has 0 saturated heterocycles. The molecule has 1 aliphatic heterocycles. The molecule has 10 heteroatoms. The van der Waals surface area contributed by atoms with Crippen LogP contribution in [0.1, 0.15) is 48.8 Å². The number of rotatable bonds is 17. The van der Waals surface area contributed by atoms with Crippen LogP contribution in [0.4, 0.5) is 0 Å². The third-order valence-corrected chi connectivity index (χ3v) is 8.19. The van der Waals surface area contributed by atoms with E-state index in [9.17, 15) is 8.42 Å². The van der Waals surface area contributed by atoms with Gasteiger partial charge in [-0.2, -0.15) is 8.42 Å². The van der Waals surface area contributed by atoms with E-state index in [0.29, 0.717) is 25.4 Å². The third kappa shape index (κ3) is 9.34. The maximum atomic E-state index is 11.1. The molecule has 2 unspecified atom stereocenters. The molecular formula is C33H42O9S. The summed E-state index contributed by atoms with van der Waals surface area (Å²) in [5.41, 5.74) is 3.14. The average Bonchev–Trinajstić information content (AvgIpc) is 3.00. The Hall–Kier alpha value is -3.31. The molecule has 1 aliphatic rings. The van der Waals surface area contributed by atoms with Crippen LogP contribution in [0.2, 0.25) is 0 Å². The van der Waals surface area contributed by atoms with Crippen molar-refractivity contribution in [2.75, 3.05) is 53.9 Å². The van der Waals surface area contributed by atoms with Crippen LogP contribution in [-0.2, 0) is 35.6 Å². The van der Waals surface area contributed by atoms with Gasteiger partial charge in [-0.1, -0.05) is 37.3 Å². The predicted molar refractivity (Wildman–Crippen MR) is 164 cm³/mol. The molecule has 0 bridgehead atoms. The highest BCUT2D eigenvalue weighted by Crippen LogP contribution is 2.49. The minimum Gasteiger partial charge on any atom is -0.494 e. The van der Waals surface area contributed by atoms with Crippen molar-refractivity contribution in [1.82, 2.24) is 0 Å². The Labute approximate surface area is 255 Å². The predicted octanol–water partition coefficient (Wildman–Crippen LogP) is 5.85. The number of benzene rings is 3. The molecule has 0 radical (unpaired) electrons. The first-order valence-electron chi connectivity index (χ1n) is 14.4. The zero-order chi connectivity index (χ0) is 30.7. The molecule has 2 atom stereocenters. The summed E-state index contributed by atoms with van der Waals surface area (Å²) >= 11 is 0. The third-order valence-electron chi connectivity index (χ3n) is 7.59. The first-order chi connectivity index (χ1) is 20.7. The first-order valence-corrected chi connectivity index (χ1v) is 16.2. The zero-order valence-electron chi connectivity index (χ0n) is 25.4. The Morgan fingerprint density at radius 2 is 1.44 bits per heavy atom. The van der Waals surface area contributed by atoms with Gasteiger partial charge in [0.1, 0.15) is 23.0 Å². The second-order valence-corrected chi connectivity index (χ2v) is 12.5. The second-order valence-electron chi connectivity index (χ2n) is 10.8. The van der Waals surface area contributed by atoms with Crippen LogP contribution in [0.25, 0.3) is 0 Å². The van der Waals surface area contributed by atoms with Crippen molar-refractivity contribution in [3.05, 3.63) is 83.4 Å². The minimum absolute atomic E-state index is 0.174. The number of aryl methyl sites for hydroxylation is 1. The van der Waals surface area contributed by atoms with Crippen molar-refractivity contribution in [3.8, 4) is 23.0 Å². The minimum atomic E-state index is -3.40. The fourth-order valence-electron chi connectivity index (χ4n) is 5.35. The van der Waals surface area contributed by atoms with E-state index >= 15 is 0 Å². The number of fused-ring (bicyclic) bond motifs is 1. The van der Waals surface area contributed by atoms with Crippen molar-refractivity contribution >= 4 is 10.1 Å². The maximum absolute atomic E-state index is 11.1. The van der Waals surface area contributed by atoms with E-state index in [1.807, 2.05) is 48.5 Å². The van der Waals surface area contributed by atoms with E-state index in [2.05, 4.69) is 25.1 Å². The topological polar surface area (TPSA) is 98.8 Å². The van der Waals surface area contributed by atoms with Crippen molar-refractivity contribution in [1.29, 1.82) is 0 Å². The Balaban J connectivity index is 1.41. The van der Waals surface area contributed by atoms with Crippen LogP contribution in [-0.4, -0.2) is 62.3 Å². The summed E-state index contributed by atoms with van der Waals surface area (Å²) in [5.74, 6) is 3.27. The van der Waals surface area contributed by atoms with E-state index in [4.69, 9.17) is 32.6 Å².